The van der Waals surface area contributed by atoms with Crippen molar-refractivity contribution in [3.63, 3.8) is 0 Å². The lowest BCUT2D eigenvalue weighted by atomic mass is 10.3. The summed E-state index contributed by atoms with van der Waals surface area (Å²) in [6, 6.07) is 0. The molecule has 11 heavy (non-hydrogen) atoms. The molecule has 0 N–H and O–H groups in total. The van der Waals surface area contributed by atoms with E-state index in [0.29, 0.717) is 0 Å². The molecule has 0 heterocycles. The second kappa shape index (κ2) is 9.70. The molecule has 0 bridgehead atoms. The first-order valence-electron chi connectivity index (χ1n) is 4.64. The van der Waals surface area contributed by atoms with E-state index >= 15 is 0 Å². The molecule has 0 atom stereocenters. The maximum atomic E-state index is 5.33. The lowest BCUT2D eigenvalue weighted by Crippen LogP contribution is -1.92. The summed E-state index contributed by atoms with van der Waals surface area (Å²) in [4.78, 5) is 0. The maximum absolute atomic E-state index is 5.33. The van der Waals surface area contributed by atoms with Gasteiger partial charge >= 0.3 is 0 Å². The average molecular weight is 156 g/mol. The summed E-state index contributed by atoms with van der Waals surface area (Å²) in [6.45, 7) is 6.06. The molecule has 0 saturated heterocycles. The van der Waals surface area contributed by atoms with E-state index in [-0.39, 0.29) is 0 Å². The summed E-state index contributed by atoms with van der Waals surface area (Å²) >= 11 is 0. The SMILES string of the molecule is CCC/C=C/COCCCC. The third-order valence-electron chi connectivity index (χ3n) is 1.48. The van der Waals surface area contributed by atoms with E-state index < -0.39 is 0 Å². The Hall–Kier alpha value is -0.300. The van der Waals surface area contributed by atoms with Crippen LogP contribution < -0.4 is 0 Å². The first-order valence-corrected chi connectivity index (χ1v) is 4.64. The normalized spacial score (nSPS) is 11.1. The third-order valence-corrected chi connectivity index (χ3v) is 1.48. The fourth-order valence-corrected chi connectivity index (χ4v) is 0.750. The largest absolute Gasteiger partial charge is 0.377 e. The summed E-state index contributed by atoms with van der Waals surface area (Å²) < 4.78 is 5.33. The molecule has 0 rings (SSSR count). The van der Waals surface area contributed by atoms with E-state index in [2.05, 4.69) is 26.0 Å². The van der Waals surface area contributed by atoms with Crippen molar-refractivity contribution < 1.29 is 4.74 Å². The van der Waals surface area contributed by atoms with Gasteiger partial charge in [-0.1, -0.05) is 38.8 Å². The molecule has 0 aliphatic heterocycles. The molecule has 0 saturated carbocycles. The molecule has 0 fully saturated rings. The lowest BCUT2D eigenvalue weighted by Gasteiger charge is -1.97. The summed E-state index contributed by atoms with van der Waals surface area (Å²) in [6.07, 6.45) is 9.11. The van der Waals surface area contributed by atoms with Crippen molar-refractivity contribution >= 4 is 0 Å². The second-order valence-corrected chi connectivity index (χ2v) is 2.69. The van der Waals surface area contributed by atoms with Crippen LogP contribution in [0, 0.1) is 0 Å². The molecule has 0 aromatic heterocycles. The van der Waals surface area contributed by atoms with Gasteiger partial charge in [-0.3, -0.25) is 0 Å². The highest BCUT2D eigenvalue weighted by Gasteiger charge is 1.81. The predicted octanol–water partition coefficient (Wildman–Crippen LogP) is 3.16. The van der Waals surface area contributed by atoms with Crippen LogP contribution in [0.5, 0.6) is 0 Å². The third kappa shape index (κ3) is 9.70. The second-order valence-electron chi connectivity index (χ2n) is 2.69. The average Bonchev–Trinajstić information content (AvgIpc) is 2.03. The Balaban J connectivity index is 2.89. The van der Waals surface area contributed by atoms with Crippen molar-refractivity contribution in [1.29, 1.82) is 0 Å². The number of hydrogen-bond acceptors (Lipinski definition) is 1. The first-order chi connectivity index (χ1) is 5.41. The van der Waals surface area contributed by atoms with Gasteiger partial charge in [0.25, 0.3) is 0 Å². The molecule has 0 amide bonds. The number of unbranched alkanes of at least 4 members (excludes halogenated alkanes) is 2. The van der Waals surface area contributed by atoms with Crippen molar-refractivity contribution in [2.24, 2.45) is 0 Å². The van der Waals surface area contributed by atoms with Crippen molar-refractivity contribution in [3.05, 3.63) is 12.2 Å². The van der Waals surface area contributed by atoms with Gasteiger partial charge in [-0.05, 0) is 12.8 Å². The predicted molar refractivity (Wildman–Crippen MR) is 49.8 cm³/mol. The van der Waals surface area contributed by atoms with E-state index in [9.17, 15) is 0 Å². The van der Waals surface area contributed by atoms with Gasteiger partial charge in [0.05, 0.1) is 6.61 Å². The fourth-order valence-electron chi connectivity index (χ4n) is 0.750. The Morgan fingerprint density at radius 2 is 1.91 bits per heavy atom. The number of rotatable bonds is 7. The Bertz CT molecular complexity index is 86.9. The topological polar surface area (TPSA) is 9.23 Å². The van der Waals surface area contributed by atoms with Crippen LogP contribution in [-0.4, -0.2) is 13.2 Å². The molecule has 1 nitrogen and oxygen atoms in total. The fraction of sp³-hybridized carbons (Fsp3) is 0.800. The number of allylic oxidation sites excluding steroid dienone is 1. The molecule has 1 heteroatoms. The molecule has 0 aromatic carbocycles. The summed E-state index contributed by atoms with van der Waals surface area (Å²) in [5.41, 5.74) is 0. The van der Waals surface area contributed by atoms with Crippen LogP contribution in [0.3, 0.4) is 0 Å². The van der Waals surface area contributed by atoms with Crippen LogP contribution in [0.15, 0.2) is 12.2 Å². The minimum absolute atomic E-state index is 0.792. The molecular formula is C10H20O. The minimum atomic E-state index is 0.792. The zero-order chi connectivity index (χ0) is 8.36. The van der Waals surface area contributed by atoms with Crippen molar-refractivity contribution in [3.8, 4) is 0 Å². The number of ether oxygens (including phenoxy) is 1. The molecule has 0 spiro atoms. The van der Waals surface area contributed by atoms with Crippen LogP contribution in [-0.2, 0) is 4.74 Å². The molecule has 0 aliphatic rings. The van der Waals surface area contributed by atoms with Gasteiger partial charge in [0.1, 0.15) is 0 Å². The molecule has 66 valence electrons. The molecule has 0 unspecified atom stereocenters. The molecule has 0 aromatic rings. The maximum Gasteiger partial charge on any atom is 0.0647 e. The van der Waals surface area contributed by atoms with E-state index in [1.165, 1.54) is 25.7 Å². The lowest BCUT2D eigenvalue weighted by molar-refractivity contribution is 0.159. The standard InChI is InChI=1S/C10H20O/c1-3-5-7-8-10-11-9-6-4-2/h7-8H,3-6,9-10H2,1-2H3/b8-7+. The Kier molecular flexibility index (Phi) is 9.44. The van der Waals surface area contributed by atoms with Crippen LogP contribution in [0.2, 0.25) is 0 Å². The first kappa shape index (κ1) is 10.7. The van der Waals surface area contributed by atoms with Gasteiger partial charge in [-0.2, -0.15) is 0 Å². The highest BCUT2D eigenvalue weighted by atomic mass is 16.5. The molecule has 0 aliphatic carbocycles. The summed E-state index contributed by atoms with van der Waals surface area (Å²) in [5.74, 6) is 0. The van der Waals surface area contributed by atoms with Gasteiger partial charge in [-0.15, -0.1) is 0 Å². The van der Waals surface area contributed by atoms with Crippen molar-refractivity contribution in [2.75, 3.05) is 13.2 Å². The van der Waals surface area contributed by atoms with Crippen LogP contribution in [0.1, 0.15) is 39.5 Å². The summed E-state index contributed by atoms with van der Waals surface area (Å²) in [5, 5.41) is 0. The molecular weight excluding hydrogens is 136 g/mol. The quantitative estimate of drug-likeness (QED) is 0.406. The Labute approximate surface area is 70.4 Å². The molecule has 0 radical (unpaired) electrons. The van der Waals surface area contributed by atoms with Gasteiger partial charge < -0.3 is 4.74 Å². The smallest absolute Gasteiger partial charge is 0.0647 e. The van der Waals surface area contributed by atoms with E-state index in [1.54, 1.807) is 0 Å². The van der Waals surface area contributed by atoms with Gasteiger partial charge in [0.2, 0.25) is 0 Å². The highest BCUT2D eigenvalue weighted by Crippen LogP contribution is 1.90. The highest BCUT2D eigenvalue weighted by molar-refractivity contribution is 4.80. The van der Waals surface area contributed by atoms with Crippen LogP contribution in [0.25, 0.3) is 0 Å². The Morgan fingerprint density at radius 1 is 1.09 bits per heavy atom. The van der Waals surface area contributed by atoms with Crippen LogP contribution >= 0.6 is 0 Å². The van der Waals surface area contributed by atoms with Crippen LogP contribution in [0.4, 0.5) is 0 Å². The summed E-state index contributed by atoms with van der Waals surface area (Å²) in [7, 11) is 0. The van der Waals surface area contributed by atoms with Gasteiger partial charge in [-0.25, -0.2) is 0 Å². The monoisotopic (exact) mass is 156 g/mol. The van der Waals surface area contributed by atoms with E-state index in [4.69, 9.17) is 4.74 Å². The van der Waals surface area contributed by atoms with Crippen molar-refractivity contribution in [1.82, 2.24) is 0 Å². The number of hydrogen-bond donors (Lipinski definition) is 0. The zero-order valence-corrected chi connectivity index (χ0v) is 7.81. The van der Waals surface area contributed by atoms with Crippen molar-refractivity contribution in [2.45, 2.75) is 39.5 Å². The minimum Gasteiger partial charge on any atom is -0.377 e. The van der Waals surface area contributed by atoms with Gasteiger partial charge in [0, 0.05) is 6.61 Å². The Morgan fingerprint density at radius 3 is 2.55 bits per heavy atom. The van der Waals surface area contributed by atoms with E-state index in [1.807, 2.05) is 0 Å². The van der Waals surface area contributed by atoms with E-state index in [0.717, 1.165) is 13.2 Å². The zero-order valence-electron chi connectivity index (χ0n) is 7.81. The van der Waals surface area contributed by atoms with Gasteiger partial charge in [0.15, 0.2) is 0 Å².